The Morgan fingerprint density at radius 2 is 2.00 bits per heavy atom. The van der Waals surface area contributed by atoms with Crippen molar-refractivity contribution in [3.8, 4) is 11.8 Å². The molecule has 1 unspecified atom stereocenters. The maximum atomic E-state index is 12.5. The lowest BCUT2D eigenvalue weighted by atomic mass is 10.1. The number of hydrogen-bond acceptors (Lipinski definition) is 6. The molecule has 8 heteroatoms. The molecule has 126 valence electrons. The second-order valence-corrected chi connectivity index (χ2v) is 5.61. The number of piperidine rings is 1. The first-order valence-electron chi connectivity index (χ1n) is 7.90. The van der Waals surface area contributed by atoms with E-state index in [4.69, 9.17) is 14.2 Å². The van der Waals surface area contributed by atoms with Gasteiger partial charge in [-0.05, 0) is 12.8 Å². The van der Waals surface area contributed by atoms with E-state index in [2.05, 4.69) is 9.97 Å². The monoisotopic (exact) mass is 322 g/mol. The summed E-state index contributed by atoms with van der Waals surface area (Å²) in [7, 11) is 1.54. The summed E-state index contributed by atoms with van der Waals surface area (Å²) in [6.45, 7) is 3.86. The van der Waals surface area contributed by atoms with Crippen LogP contribution in [0.1, 0.15) is 12.8 Å². The predicted molar refractivity (Wildman–Crippen MR) is 81.6 cm³/mol. The van der Waals surface area contributed by atoms with Crippen molar-refractivity contribution < 1.29 is 19.0 Å². The molecule has 0 saturated carbocycles. The Morgan fingerprint density at radius 1 is 1.22 bits per heavy atom. The standard InChI is InChI=1S/C15H22N4O4/c1-21-13-9-16-10-14(17-13)23-12-3-2-4-19(11-12)15(20)18-5-7-22-8-6-18/h9-10,12H,2-8,11H2,1H3. The summed E-state index contributed by atoms with van der Waals surface area (Å²) >= 11 is 0. The van der Waals surface area contributed by atoms with Crippen LogP contribution in [0.25, 0.3) is 0 Å². The van der Waals surface area contributed by atoms with Gasteiger partial charge in [0.1, 0.15) is 6.10 Å². The molecular weight excluding hydrogens is 300 g/mol. The number of urea groups is 1. The van der Waals surface area contributed by atoms with E-state index in [0.29, 0.717) is 44.6 Å². The molecule has 2 saturated heterocycles. The SMILES string of the molecule is COc1cncc(OC2CCCN(C(=O)N3CCOCC3)C2)n1. The fraction of sp³-hybridized carbons (Fsp3) is 0.667. The van der Waals surface area contributed by atoms with Crippen LogP contribution >= 0.6 is 0 Å². The summed E-state index contributed by atoms with van der Waals surface area (Å²) in [6, 6.07) is 0.0679. The average molecular weight is 322 g/mol. The zero-order valence-corrected chi connectivity index (χ0v) is 13.3. The van der Waals surface area contributed by atoms with Crippen LogP contribution in [-0.4, -0.2) is 78.4 Å². The summed E-state index contributed by atoms with van der Waals surface area (Å²) in [5.41, 5.74) is 0. The maximum absolute atomic E-state index is 12.5. The van der Waals surface area contributed by atoms with Gasteiger partial charge in [0.25, 0.3) is 0 Å². The van der Waals surface area contributed by atoms with Gasteiger partial charge < -0.3 is 24.0 Å². The quantitative estimate of drug-likeness (QED) is 0.818. The van der Waals surface area contributed by atoms with Crippen LogP contribution in [0, 0.1) is 0 Å². The molecule has 0 aliphatic carbocycles. The number of morpholine rings is 1. The van der Waals surface area contributed by atoms with E-state index in [0.717, 1.165) is 19.4 Å². The molecule has 1 aromatic rings. The molecule has 3 rings (SSSR count). The van der Waals surface area contributed by atoms with Crippen LogP contribution < -0.4 is 9.47 Å². The van der Waals surface area contributed by atoms with Crippen molar-refractivity contribution in [2.24, 2.45) is 0 Å². The van der Waals surface area contributed by atoms with Gasteiger partial charge in [-0.1, -0.05) is 0 Å². The van der Waals surface area contributed by atoms with Crippen molar-refractivity contribution in [2.45, 2.75) is 18.9 Å². The van der Waals surface area contributed by atoms with Crippen molar-refractivity contribution in [1.82, 2.24) is 19.8 Å². The average Bonchev–Trinajstić information content (AvgIpc) is 2.62. The Balaban J connectivity index is 1.58. The molecule has 1 atom stereocenters. The first-order chi connectivity index (χ1) is 11.3. The van der Waals surface area contributed by atoms with Crippen molar-refractivity contribution in [3.63, 3.8) is 0 Å². The zero-order valence-electron chi connectivity index (χ0n) is 13.3. The molecule has 3 heterocycles. The maximum Gasteiger partial charge on any atom is 0.320 e. The Hall–Kier alpha value is -2.09. The Labute approximate surface area is 135 Å². The Kier molecular flexibility index (Phi) is 5.12. The molecule has 2 aliphatic heterocycles. The van der Waals surface area contributed by atoms with E-state index in [-0.39, 0.29) is 12.1 Å². The summed E-state index contributed by atoms with van der Waals surface area (Å²) in [6.07, 6.45) is 4.83. The number of amides is 2. The van der Waals surface area contributed by atoms with E-state index in [1.165, 1.54) is 13.3 Å². The van der Waals surface area contributed by atoms with E-state index < -0.39 is 0 Å². The van der Waals surface area contributed by atoms with Crippen LogP contribution in [0.4, 0.5) is 4.79 Å². The number of likely N-dealkylation sites (tertiary alicyclic amines) is 1. The highest BCUT2D eigenvalue weighted by molar-refractivity contribution is 5.74. The highest BCUT2D eigenvalue weighted by Crippen LogP contribution is 2.19. The predicted octanol–water partition coefficient (Wildman–Crippen LogP) is 0.781. The summed E-state index contributed by atoms with van der Waals surface area (Å²) in [5.74, 6) is 0.842. The number of hydrogen-bond donors (Lipinski definition) is 0. The van der Waals surface area contributed by atoms with Crippen molar-refractivity contribution in [1.29, 1.82) is 0 Å². The van der Waals surface area contributed by atoms with Gasteiger partial charge in [0.2, 0.25) is 11.8 Å². The first kappa shape index (κ1) is 15.8. The van der Waals surface area contributed by atoms with Crippen molar-refractivity contribution >= 4 is 6.03 Å². The lowest BCUT2D eigenvalue weighted by molar-refractivity contribution is 0.0325. The minimum Gasteiger partial charge on any atom is -0.480 e. The van der Waals surface area contributed by atoms with Gasteiger partial charge in [0, 0.05) is 19.6 Å². The molecule has 2 fully saturated rings. The van der Waals surface area contributed by atoms with Crippen LogP contribution in [0.15, 0.2) is 12.4 Å². The molecule has 0 radical (unpaired) electrons. The molecular formula is C15H22N4O4. The second kappa shape index (κ2) is 7.45. The van der Waals surface area contributed by atoms with E-state index in [9.17, 15) is 4.79 Å². The number of rotatable bonds is 3. The van der Waals surface area contributed by atoms with Gasteiger partial charge in [0.15, 0.2) is 0 Å². The first-order valence-corrected chi connectivity index (χ1v) is 7.90. The molecule has 23 heavy (non-hydrogen) atoms. The number of aromatic nitrogens is 2. The highest BCUT2D eigenvalue weighted by Gasteiger charge is 2.29. The van der Waals surface area contributed by atoms with Gasteiger partial charge in [-0.15, -0.1) is 0 Å². The molecule has 2 aliphatic rings. The number of carbonyl (C=O) groups is 1. The Bertz CT molecular complexity index is 536. The minimum absolute atomic E-state index is 0.0679. The van der Waals surface area contributed by atoms with Crippen molar-refractivity contribution in [2.75, 3.05) is 46.5 Å². The minimum atomic E-state index is -0.0739. The summed E-state index contributed by atoms with van der Waals surface area (Å²) in [5, 5.41) is 0. The van der Waals surface area contributed by atoms with Crippen LogP contribution in [0.5, 0.6) is 11.8 Å². The van der Waals surface area contributed by atoms with Gasteiger partial charge in [0.05, 0.1) is 39.3 Å². The molecule has 0 spiro atoms. The van der Waals surface area contributed by atoms with Crippen molar-refractivity contribution in [3.05, 3.63) is 12.4 Å². The van der Waals surface area contributed by atoms with Crippen LogP contribution in [0.2, 0.25) is 0 Å². The largest absolute Gasteiger partial charge is 0.480 e. The van der Waals surface area contributed by atoms with Crippen LogP contribution in [0.3, 0.4) is 0 Å². The van der Waals surface area contributed by atoms with Gasteiger partial charge >= 0.3 is 6.03 Å². The van der Waals surface area contributed by atoms with Gasteiger partial charge in [-0.3, -0.25) is 4.98 Å². The van der Waals surface area contributed by atoms with Crippen LogP contribution in [-0.2, 0) is 4.74 Å². The highest BCUT2D eigenvalue weighted by atomic mass is 16.5. The molecule has 2 amide bonds. The van der Waals surface area contributed by atoms with Gasteiger partial charge in [-0.25, -0.2) is 4.79 Å². The molecule has 1 aromatic heterocycles. The number of methoxy groups -OCH3 is 1. The van der Waals surface area contributed by atoms with E-state index in [1.807, 2.05) is 9.80 Å². The molecule has 0 N–H and O–H groups in total. The Morgan fingerprint density at radius 3 is 2.78 bits per heavy atom. The third kappa shape index (κ3) is 4.01. The van der Waals surface area contributed by atoms with E-state index in [1.54, 1.807) is 6.20 Å². The van der Waals surface area contributed by atoms with Gasteiger partial charge in [-0.2, -0.15) is 4.98 Å². The second-order valence-electron chi connectivity index (χ2n) is 5.61. The topological polar surface area (TPSA) is 77.0 Å². The molecule has 0 bridgehead atoms. The smallest absolute Gasteiger partial charge is 0.320 e. The number of ether oxygens (including phenoxy) is 3. The fourth-order valence-electron chi connectivity index (χ4n) is 2.82. The third-order valence-electron chi connectivity index (χ3n) is 4.02. The normalized spacial score (nSPS) is 21.9. The number of nitrogens with zero attached hydrogens (tertiary/aromatic N) is 4. The lowest BCUT2D eigenvalue weighted by Crippen LogP contribution is -2.52. The molecule has 8 nitrogen and oxygen atoms in total. The summed E-state index contributed by atoms with van der Waals surface area (Å²) < 4.78 is 16.2. The fourth-order valence-corrected chi connectivity index (χ4v) is 2.82. The number of carbonyl (C=O) groups excluding carboxylic acids is 1. The van der Waals surface area contributed by atoms with E-state index >= 15 is 0 Å². The molecule has 0 aromatic carbocycles. The third-order valence-corrected chi connectivity index (χ3v) is 4.02. The summed E-state index contributed by atoms with van der Waals surface area (Å²) in [4.78, 5) is 24.5. The lowest BCUT2D eigenvalue weighted by Gasteiger charge is -2.37. The zero-order chi connectivity index (χ0) is 16.1.